The van der Waals surface area contributed by atoms with Crippen LogP contribution in [-0.4, -0.2) is 17.4 Å². The van der Waals surface area contributed by atoms with Crippen molar-refractivity contribution in [2.24, 2.45) is 0 Å². The van der Waals surface area contributed by atoms with E-state index in [0.29, 0.717) is 9.49 Å². The van der Waals surface area contributed by atoms with E-state index in [9.17, 15) is 12.3 Å². The monoisotopic (exact) mass is 214 g/mol. The van der Waals surface area contributed by atoms with Crippen LogP contribution in [0.4, 0.5) is 3.89 Å². The summed E-state index contributed by atoms with van der Waals surface area (Å²) in [7, 11) is -4.76. The van der Waals surface area contributed by atoms with Gasteiger partial charge in [0.25, 0.3) is 0 Å². The largest absolute Gasteiger partial charge is 0.404 e. The molecule has 2 aromatic rings. The molecule has 0 atom stereocenters. The van der Waals surface area contributed by atoms with Gasteiger partial charge in [0, 0.05) is 0 Å². The molecule has 0 spiro atoms. The van der Waals surface area contributed by atoms with E-state index in [2.05, 4.69) is 4.98 Å². The Morgan fingerprint density at radius 1 is 1.36 bits per heavy atom. The van der Waals surface area contributed by atoms with Crippen LogP contribution < -0.4 is 0 Å². The number of fused-ring (bicyclic) bond motifs is 1. The molecule has 0 bridgehead atoms. The first kappa shape index (κ1) is 9.14. The van der Waals surface area contributed by atoms with Crippen molar-refractivity contribution in [2.75, 3.05) is 0 Å². The van der Waals surface area contributed by atoms with Crippen LogP contribution in [0.15, 0.2) is 24.3 Å². The fraction of sp³-hybridized carbons (Fsp3) is 0.125. The molecule has 74 valence electrons. The summed E-state index contributed by atoms with van der Waals surface area (Å²) in [5.74, 6) is 0.119. The molecule has 6 heteroatoms. The molecule has 0 amide bonds. The highest BCUT2D eigenvalue weighted by molar-refractivity contribution is 7.85. The van der Waals surface area contributed by atoms with E-state index >= 15 is 0 Å². The number of aryl methyl sites for hydroxylation is 1. The maximum atomic E-state index is 12.8. The topological polar surface area (TPSA) is 52.0 Å². The van der Waals surface area contributed by atoms with Crippen molar-refractivity contribution in [3.8, 4) is 0 Å². The highest BCUT2D eigenvalue weighted by Crippen LogP contribution is 2.18. The van der Waals surface area contributed by atoms with Gasteiger partial charge in [-0.2, -0.15) is 12.4 Å². The van der Waals surface area contributed by atoms with Gasteiger partial charge in [-0.25, -0.2) is 4.98 Å². The molecule has 0 N–H and O–H groups in total. The molecule has 0 unspecified atom stereocenters. The van der Waals surface area contributed by atoms with Crippen molar-refractivity contribution in [3.05, 3.63) is 30.1 Å². The molecule has 0 radical (unpaired) electrons. The number of hydrogen-bond acceptors (Lipinski definition) is 3. The van der Waals surface area contributed by atoms with E-state index in [4.69, 9.17) is 0 Å². The van der Waals surface area contributed by atoms with Gasteiger partial charge in [0.2, 0.25) is 0 Å². The van der Waals surface area contributed by atoms with E-state index in [1.54, 1.807) is 18.2 Å². The maximum Gasteiger partial charge on any atom is 0.404 e. The average Bonchev–Trinajstić information content (AvgIpc) is 2.38. The molecule has 0 aliphatic carbocycles. The lowest BCUT2D eigenvalue weighted by molar-refractivity contribution is 0.541. The number of aromatic nitrogens is 2. The number of rotatable bonds is 1. The van der Waals surface area contributed by atoms with Crippen LogP contribution in [0.5, 0.6) is 0 Å². The molecule has 0 saturated carbocycles. The van der Waals surface area contributed by atoms with Crippen molar-refractivity contribution in [1.29, 1.82) is 0 Å². The van der Waals surface area contributed by atoms with Crippen LogP contribution in [0.1, 0.15) is 5.82 Å². The average molecular weight is 214 g/mol. The lowest BCUT2D eigenvalue weighted by Crippen LogP contribution is -2.07. The van der Waals surface area contributed by atoms with Gasteiger partial charge in [0.1, 0.15) is 5.82 Å². The molecule has 1 aromatic heterocycles. The Hall–Kier alpha value is -1.43. The van der Waals surface area contributed by atoms with Crippen molar-refractivity contribution < 1.29 is 12.3 Å². The van der Waals surface area contributed by atoms with Gasteiger partial charge < -0.3 is 0 Å². The summed E-state index contributed by atoms with van der Waals surface area (Å²) in [6, 6.07) is 6.48. The first-order valence-corrected chi connectivity index (χ1v) is 5.23. The predicted octanol–water partition coefficient (Wildman–Crippen LogP) is 1.41. The number of halogens is 1. The summed E-state index contributed by atoms with van der Waals surface area (Å²) in [6.07, 6.45) is 0. The fourth-order valence-corrected chi connectivity index (χ4v) is 2.15. The zero-order valence-corrected chi connectivity index (χ0v) is 8.12. The Morgan fingerprint density at radius 3 is 2.64 bits per heavy atom. The van der Waals surface area contributed by atoms with E-state index in [0.717, 1.165) is 0 Å². The van der Waals surface area contributed by atoms with Gasteiger partial charge in [-0.05, 0) is 19.1 Å². The Bertz CT molecular complexity index is 588. The highest BCUT2D eigenvalue weighted by Gasteiger charge is 2.17. The molecule has 1 heterocycles. The minimum atomic E-state index is -4.76. The molecule has 2 rings (SSSR count). The molecule has 14 heavy (non-hydrogen) atoms. The molecular weight excluding hydrogens is 207 g/mol. The van der Waals surface area contributed by atoms with Crippen LogP contribution in [0, 0.1) is 6.92 Å². The quantitative estimate of drug-likeness (QED) is 0.674. The molecule has 4 nitrogen and oxygen atoms in total. The van der Waals surface area contributed by atoms with E-state index in [1.165, 1.54) is 13.0 Å². The third kappa shape index (κ3) is 1.27. The van der Waals surface area contributed by atoms with Crippen molar-refractivity contribution in [3.63, 3.8) is 0 Å². The van der Waals surface area contributed by atoms with Crippen molar-refractivity contribution in [1.82, 2.24) is 8.96 Å². The minimum Gasteiger partial charge on any atom is -0.232 e. The Labute approximate surface area is 80.3 Å². The number of nitrogens with zero attached hydrogens (tertiary/aromatic N) is 2. The van der Waals surface area contributed by atoms with E-state index in [1.807, 2.05) is 0 Å². The first-order chi connectivity index (χ1) is 6.50. The van der Waals surface area contributed by atoms with Crippen molar-refractivity contribution >= 4 is 21.4 Å². The summed E-state index contributed by atoms with van der Waals surface area (Å²) in [5, 5.41) is 0. The molecule has 0 aliphatic rings. The summed E-state index contributed by atoms with van der Waals surface area (Å²) in [4.78, 5) is 3.92. The van der Waals surface area contributed by atoms with Gasteiger partial charge in [0.15, 0.2) is 0 Å². The summed E-state index contributed by atoms with van der Waals surface area (Å²) in [5.41, 5.74) is 0.721. The Kier molecular flexibility index (Phi) is 1.81. The molecule has 0 aliphatic heterocycles. The van der Waals surface area contributed by atoms with Crippen LogP contribution >= 0.6 is 0 Å². The second-order valence-corrected chi connectivity index (χ2v) is 4.04. The highest BCUT2D eigenvalue weighted by atomic mass is 32.3. The number of hydrogen-bond donors (Lipinski definition) is 0. The van der Waals surface area contributed by atoms with Crippen LogP contribution in [-0.2, 0) is 10.4 Å². The van der Waals surface area contributed by atoms with Gasteiger partial charge in [0.05, 0.1) is 11.0 Å². The zero-order valence-electron chi connectivity index (χ0n) is 7.31. The third-order valence-electron chi connectivity index (χ3n) is 1.89. The van der Waals surface area contributed by atoms with E-state index in [-0.39, 0.29) is 11.3 Å². The summed E-state index contributed by atoms with van der Waals surface area (Å²) >= 11 is 0. The molecular formula is C8H7FN2O2S. The summed E-state index contributed by atoms with van der Waals surface area (Å²) < 4.78 is 35.0. The molecule has 1 aromatic carbocycles. The molecule has 0 fully saturated rings. The number of para-hydroxylation sites is 2. The first-order valence-electron chi connectivity index (χ1n) is 3.89. The smallest absolute Gasteiger partial charge is 0.232 e. The SMILES string of the molecule is Cc1nc2ccccc2n1S(=O)(=O)F. The lowest BCUT2D eigenvalue weighted by atomic mass is 10.3. The van der Waals surface area contributed by atoms with Gasteiger partial charge in [-0.3, -0.25) is 0 Å². The fourth-order valence-electron chi connectivity index (χ4n) is 1.40. The summed E-state index contributed by atoms with van der Waals surface area (Å²) in [6.45, 7) is 1.44. The normalized spacial score (nSPS) is 12.1. The number of imidazole rings is 1. The second kappa shape index (κ2) is 2.78. The standard InChI is InChI=1S/C8H7FN2O2S/c1-6-10-7-4-2-3-5-8(7)11(6)14(9,12)13/h2-5H,1H3. The van der Waals surface area contributed by atoms with Gasteiger partial charge in [-0.15, -0.1) is 0 Å². The molecule has 0 saturated heterocycles. The van der Waals surface area contributed by atoms with Gasteiger partial charge >= 0.3 is 10.4 Å². The third-order valence-corrected chi connectivity index (χ3v) is 2.79. The zero-order chi connectivity index (χ0) is 10.3. The lowest BCUT2D eigenvalue weighted by Gasteiger charge is -1.98. The number of benzene rings is 1. The van der Waals surface area contributed by atoms with E-state index < -0.39 is 10.4 Å². The van der Waals surface area contributed by atoms with Crippen LogP contribution in [0.25, 0.3) is 11.0 Å². The Morgan fingerprint density at radius 2 is 2.00 bits per heavy atom. The van der Waals surface area contributed by atoms with Crippen LogP contribution in [0.2, 0.25) is 0 Å². The second-order valence-electron chi connectivity index (χ2n) is 2.85. The van der Waals surface area contributed by atoms with Crippen LogP contribution in [0.3, 0.4) is 0 Å². The minimum absolute atomic E-state index is 0.119. The van der Waals surface area contributed by atoms with Gasteiger partial charge in [-0.1, -0.05) is 16.0 Å². The Balaban J connectivity index is 2.95. The maximum absolute atomic E-state index is 12.8. The predicted molar refractivity (Wildman–Crippen MR) is 49.9 cm³/mol. The van der Waals surface area contributed by atoms with Crippen molar-refractivity contribution in [2.45, 2.75) is 6.92 Å².